The van der Waals surface area contributed by atoms with Gasteiger partial charge in [0.15, 0.2) is 0 Å². The van der Waals surface area contributed by atoms with Gasteiger partial charge in [-0.25, -0.2) is 8.78 Å². The van der Waals surface area contributed by atoms with Gasteiger partial charge in [-0.3, -0.25) is 0 Å². The normalized spacial score (nSPS) is 16.8. The Bertz CT molecular complexity index is 499. The fourth-order valence-electron chi connectivity index (χ4n) is 1.52. The Hall–Kier alpha value is -1.52. The van der Waals surface area contributed by atoms with Crippen molar-refractivity contribution in [1.82, 2.24) is 0 Å². The second-order valence-corrected chi connectivity index (χ2v) is 4.89. The summed E-state index contributed by atoms with van der Waals surface area (Å²) >= 11 is 0. The molecule has 0 saturated carbocycles. The molecule has 0 saturated heterocycles. The van der Waals surface area contributed by atoms with E-state index in [2.05, 4.69) is 0 Å². The van der Waals surface area contributed by atoms with E-state index >= 15 is 0 Å². The number of alkyl halides is 18. The van der Waals surface area contributed by atoms with Crippen LogP contribution in [0.25, 0.3) is 0 Å². The molecule has 0 heterocycles. The Morgan fingerprint density at radius 1 is 0.286 bits per heavy atom. The van der Waals surface area contributed by atoms with Crippen molar-refractivity contribution in [3.8, 4) is 0 Å². The monoisotopic (exact) mass is 464 g/mol. The molecule has 0 atom stereocenters. The molecule has 0 spiro atoms. The summed E-state index contributed by atoms with van der Waals surface area (Å²) in [6.07, 6.45) is -35.7. The quantitative estimate of drug-likeness (QED) is 0.330. The lowest BCUT2D eigenvalue weighted by Crippen LogP contribution is -2.65. The van der Waals surface area contributed by atoms with E-state index < -0.39 is 60.0 Å². The van der Waals surface area contributed by atoms with Crippen molar-refractivity contribution in [2.24, 2.45) is 0 Å². The molecule has 0 radical (unpaired) electrons. The van der Waals surface area contributed by atoms with Gasteiger partial charge in [0.05, 0.1) is 0 Å². The number of hydrogen-bond acceptors (Lipinski definition) is 0. The van der Waals surface area contributed by atoms with Gasteiger partial charge >= 0.3 is 47.9 Å². The Morgan fingerprint density at radius 2 is 0.429 bits per heavy atom. The van der Waals surface area contributed by atoms with E-state index in [1.807, 2.05) is 0 Å². The maximum Gasteiger partial charge on any atom is 0.438 e. The molecule has 168 valence electrons. The molecule has 0 N–H and O–H groups in total. The molecular formula is C10H2F18. The van der Waals surface area contributed by atoms with Crippen LogP contribution in [0.4, 0.5) is 79.0 Å². The molecule has 18 heteroatoms. The molecule has 0 aliphatic heterocycles. The molecule has 0 nitrogen and oxygen atoms in total. The van der Waals surface area contributed by atoms with Crippen molar-refractivity contribution in [2.75, 3.05) is 0 Å². The Morgan fingerprint density at radius 3 is 0.536 bits per heavy atom. The molecule has 0 aromatic rings. The summed E-state index contributed by atoms with van der Waals surface area (Å²) in [5.41, 5.74) is -15.4. The van der Waals surface area contributed by atoms with Gasteiger partial charge in [-0.15, -0.1) is 0 Å². The third-order valence-electron chi connectivity index (χ3n) is 2.98. The number of allylic oxidation sites excluding steroid dienone is 2. The fourth-order valence-corrected chi connectivity index (χ4v) is 1.52. The van der Waals surface area contributed by atoms with Gasteiger partial charge in [0.2, 0.25) is 0 Å². The second-order valence-electron chi connectivity index (χ2n) is 4.89. The summed E-state index contributed by atoms with van der Waals surface area (Å²) in [6.45, 7) is 0. The summed E-state index contributed by atoms with van der Waals surface area (Å²) in [5, 5.41) is 0. The van der Waals surface area contributed by atoms with E-state index in [9.17, 15) is 79.0 Å². The highest BCUT2D eigenvalue weighted by Crippen LogP contribution is 2.57. The molecule has 0 aliphatic carbocycles. The van der Waals surface area contributed by atoms with Gasteiger partial charge in [0, 0.05) is 0 Å². The first-order valence-electron chi connectivity index (χ1n) is 5.81. The van der Waals surface area contributed by atoms with E-state index in [-0.39, 0.29) is 0 Å². The molecular weight excluding hydrogens is 462 g/mol. The van der Waals surface area contributed by atoms with Crippen LogP contribution in [0.5, 0.6) is 0 Å². The van der Waals surface area contributed by atoms with Crippen LogP contribution in [0, 0.1) is 0 Å². The Labute approximate surface area is 140 Å². The molecule has 0 aromatic heterocycles. The summed E-state index contributed by atoms with van der Waals surface area (Å²) in [6, 6.07) is 0. The van der Waals surface area contributed by atoms with Crippen LogP contribution in [0.1, 0.15) is 0 Å². The van der Waals surface area contributed by atoms with Gasteiger partial charge < -0.3 is 0 Å². The SMILES string of the molecule is FC(F)(F)C(F)(C(F)(F)F)C(F)(F)C=CC(F)(F)C(F)(C(F)(F)F)C(F)(F)F. The van der Waals surface area contributed by atoms with Crippen molar-refractivity contribution in [1.29, 1.82) is 0 Å². The molecule has 0 fully saturated rings. The molecule has 0 bridgehead atoms. The van der Waals surface area contributed by atoms with Gasteiger partial charge in [-0.2, -0.15) is 70.2 Å². The van der Waals surface area contributed by atoms with Crippen molar-refractivity contribution in [3.63, 3.8) is 0 Å². The van der Waals surface area contributed by atoms with Crippen molar-refractivity contribution in [3.05, 3.63) is 12.2 Å². The fraction of sp³-hybridized carbons (Fsp3) is 0.800. The van der Waals surface area contributed by atoms with Crippen molar-refractivity contribution in [2.45, 2.75) is 47.9 Å². The van der Waals surface area contributed by atoms with Gasteiger partial charge in [0.1, 0.15) is 0 Å². The smallest absolute Gasteiger partial charge is 0.216 e. The van der Waals surface area contributed by atoms with E-state index in [0.29, 0.717) is 0 Å². The van der Waals surface area contributed by atoms with Gasteiger partial charge in [0.25, 0.3) is 0 Å². The summed E-state index contributed by atoms with van der Waals surface area (Å²) in [5.74, 6) is -14.5. The van der Waals surface area contributed by atoms with E-state index in [1.165, 1.54) is 0 Å². The third-order valence-corrected chi connectivity index (χ3v) is 2.98. The molecule has 28 heavy (non-hydrogen) atoms. The zero-order valence-corrected chi connectivity index (χ0v) is 12.0. The molecule has 0 aromatic carbocycles. The second kappa shape index (κ2) is 6.50. The average Bonchev–Trinajstić information content (AvgIpc) is 2.38. The molecule has 0 rings (SSSR count). The lowest BCUT2D eigenvalue weighted by atomic mass is 9.91. The minimum absolute atomic E-state index is 2.58. The largest absolute Gasteiger partial charge is 0.438 e. The molecule has 0 amide bonds. The van der Waals surface area contributed by atoms with Crippen molar-refractivity contribution < 1.29 is 79.0 Å². The van der Waals surface area contributed by atoms with Crippen LogP contribution in [0.3, 0.4) is 0 Å². The Kier molecular flexibility index (Phi) is 6.14. The maximum atomic E-state index is 13.1. The minimum atomic E-state index is -7.71. The van der Waals surface area contributed by atoms with Crippen LogP contribution < -0.4 is 0 Å². The maximum absolute atomic E-state index is 13.1. The first kappa shape index (κ1) is 26.5. The van der Waals surface area contributed by atoms with Crippen LogP contribution >= 0.6 is 0 Å². The van der Waals surface area contributed by atoms with Crippen LogP contribution in [0.15, 0.2) is 12.2 Å². The Balaban J connectivity index is 6.59. The predicted molar refractivity (Wildman–Crippen MR) is 50.9 cm³/mol. The summed E-state index contributed by atoms with van der Waals surface area (Å²) < 4.78 is 224. The topological polar surface area (TPSA) is 0 Å². The van der Waals surface area contributed by atoms with E-state index in [1.54, 1.807) is 0 Å². The molecule has 0 unspecified atom stereocenters. The van der Waals surface area contributed by atoms with Crippen LogP contribution in [-0.4, -0.2) is 47.9 Å². The van der Waals surface area contributed by atoms with E-state index in [4.69, 9.17) is 0 Å². The van der Waals surface area contributed by atoms with Crippen LogP contribution in [-0.2, 0) is 0 Å². The summed E-state index contributed by atoms with van der Waals surface area (Å²) in [7, 11) is 0. The van der Waals surface area contributed by atoms with Gasteiger partial charge in [-0.05, 0) is 12.2 Å². The third kappa shape index (κ3) is 3.81. The highest BCUT2D eigenvalue weighted by atomic mass is 19.4. The standard InChI is InChI=1S/C10H2F18/c11-3(12,5(15,7(17,18)19)8(20,21)22)1-2-4(13,14)6(16,9(23,24)25)10(26,27)28/h1-2H. The zero-order valence-electron chi connectivity index (χ0n) is 12.0. The highest BCUT2D eigenvalue weighted by Gasteiger charge is 2.85. The summed E-state index contributed by atoms with van der Waals surface area (Å²) in [4.78, 5) is 0. The zero-order chi connectivity index (χ0) is 23.4. The van der Waals surface area contributed by atoms with Crippen LogP contribution in [0.2, 0.25) is 0 Å². The lowest BCUT2D eigenvalue weighted by molar-refractivity contribution is -0.391. The van der Waals surface area contributed by atoms with E-state index in [0.717, 1.165) is 0 Å². The highest BCUT2D eigenvalue weighted by molar-refractivity contribution is 5.21. The molecule has 0 aliphatic rings. The average molecular weight is 464 g/mol. The van der Waals surface area contributed by atoms with Crippen molar-refractivity contribution >= 4 is 0 Å². The predicted octanol–water partition coefficient (Wildman–Crippen LogP) is 6.48. The minimum Gasteiger partial charge on any atom is -0.216 e. The number of rotatable bonds is 4. The number of halogens is 18. The first-order valence-corrected chi connectivity index (χ1v) is 5.81. The lowest BCUT2D eigenvalue weighted by Gasteiger charge is -2.36. The number of hydrogen-bond donors (Lipinski definition) is 0. The first-order chi connectivity index (χ1) is 11.7. The van der Waals surface area contributed by atoms with Gasteiger partial charge in [-0.1, -0.05) is 0 Å².